The molecule has 7 nitrogen and oxygen atoms in total. The first-order chi connectivity index (χ1) is 41.0. The average molecular weight is 1170 g/mol. The van der Waals surface area contributed by atoms with Crippen molar-refractivity contribution < 1.29 is 33.4 Å². The summed E-state index contributed by atoms with van der Waals surface area (Å²) in [6, 6.07) is 0. The molecule has 0 bridgehead atoms. The molecule has 0 saturated carbocycles. The maximum atomic E-state index is 12.3. The van der Waals surface area contributed by atoms with Gasteiger partial charge >= 0.3 is 17.9 Å². The maximum absolute atomic E-state index is 12.3. The molecular formula is C76H146O7. The number of ketones is 1. The van der Waals surface area contributed by atoms with E-state index in [2.05, 4.69) is 0 Å². The van der Waals surface area contributed by atoms with Crippen molar-refractivity contribution in [2.45, 2.75) is 443 Å². The molecule has 492 valence electrons. The second kappa shape index (κ2) is 72.6. The van der Waals surface area contributed by atoms with Crippen molar-refractivity contribution in [2.75, 3.05) is 20.8 Å². The third-order valence-electron chi connectivity index (χ3n) is 18.2. The number of ether oxygens (including phenoxy) is 3. The number of hydrogen-bond donors (Lipinski definition) is 0. The first kappa shape index (κ1) is 81.1. The molecule has 0 aliphatic heterocycles. The Bertz CT molecular complexity index is 1200. The lowest BCUT2D eigenvalue weighted by molar-refractivity contribution is -0.144. The van der Waals surface area contributed by atoms with Crippen LogP contribution in [0.25, 0.3) is 0 Å². The summed E-state index contributed by atoms with van der Waals surface area (Å²) < 4.78 is 14.8. The Morgan fingerprint density at radius 1 is 0.169 bits per heavy atom. The average Bonchev–Trinajstić information content (AvgIpc) is 3.49. The van der Waals surface area contributed by atoms with Crippen molar-refractivity contribution in [3.05, 3.63) is 0 Å². The van der Waals surface area contributed by atoms with Crippen molar-refractivity contribution in [1.82, 2.24) is 0 Å². The smallest absolute Gasteiger partial charge is 0.305 e. The van der Waals surface area contributed by atoms with Crippen molar-refractivity contribution >= 4 is 23.7 Å². The minimum atomic E-state index is -0.125. The molecule has 0 fully saturated rings. The summed E-state index contributed by atoms with van der Waals surface area (Å²) in [4.78, 5) is 46.8. The molecule has 0 aromatic rings. The minimum absolute atomic E-state index is 0.0667. The third kappa shape index (κ3) is 72.5. The van der Waals surface area contributed by atoms with E-state index in [4.69, 9.17) is 14.2 Å². The number of Topliss-reactive ketones (excluding diaryl/α,β-unsaturated/α-hetero) is 1. The molecule has 0 heterocycles. The van der Waals surface area contributed by atoms with Crippen LogP contribution < -0.4 is 0 Å². The van der Waals surface area contributed by atoms with Crippen LogP contribution in [0, 0.1) is 0 Å². The summed E-state index contributed by atoms with van der Waals surface area (Å²) >= 11 is 0. The van der Waals surface area contributed by atoms with E-state index in [-0.39, 0.29) is 30.3 Å². The number of hydrogen-bond acceptors (Lipinski definition) is 7. The molecule has 0 spiro atoms. The van der Waals surface area contributed by atoms with Gasteiger partial charge in [0, 0.05) is 32.1 Å². The van der Waals surface area contributed by atoms with Crippen LogP contribution in [-0.2, 0) is 33.4 Å². The summed E-state index contributed by atoms with van der Waals surface area (Å²) in [6.07, 6.45) is 89.4. The van der Waals surface area contributed by atoms with E-state index in [1.54, 1.807) is 0 Å². The lowest BCUT2D eigenvalue weighted by Crippen LogP contribution is -2.09. The second-order valence-electron chi connectivity index (χ2n) is 26.3. The van der Waals surface area contributed by atoms with E-state index in [1.165, 1.54) is 374 Å². The lowest BCUT2D eigenvalue weighted by Gasteiger charge is -2.06. The summed E-state index contributed by atoms with van der Waals surface area (Å²) in [5.41, 5.74) is 0. The molecule has 0 radical (unpaired) electrons. The molecule has 0 amide bonds. The zero-order chi connectivity index (χ0) is 59.9. The van der Waals surface area contributed by atoms with Gasteiger partial charge in [-0.05, 0) is 25.7 Å². The first-order valence-electron chi connectivity index (χ1n) is 37.8. The predicted molar refractivity (Wildman–Crippen MR) is 359 cm³/mol. The highest BCUT2D eigenvalue weighted by Crippen LogP contribution is 2.21. The lowest BCUT2D eigenvalue weighted by atomic mass is 10.0. The van der Waals surface area contributed by atoms with Gasteiger partial charge in [-0.3, -0.25) is 19.2 Å². The van der Waals surface area contributed by atoms with E-state index in [0.717, 1.165) is 51.4 Å². The van der Waals surface area contributed by atoms with Crippen molar-refractivity contribution in [2.24, 2.45) is 0 Å². The number of carbonyl (C=O) groups excluding carboxylic acids is 4. The minimum Gasteiger partial charge on any atom is -0.469 e. The summed E-state index contributed by atoms with van der Waals surface area (Å²) in [5, 5.41) is 0. The van der Waals surface area contributed by atoms with Crippen LogP contribution in [0.5, 0.6) is 0 Å². The van der Waals surface area contributed by atoms with Gasteiger partial charge in [0.2, 0.25) is 0 Å². The molecule has 0 rings (SSSR count). The summed E-state index contributed by atoms with van der Waals surface area (Å²) in [5.74, 6) is -0.00921. The number of methoxy groups -OCH3 is 2. The fourth-order valence-electron chi connectivity index (χ4n) is 12.4. The quantitative estimate of drug-likeness (QED) is 0.0340. The molecule has 7 heteroatoms. The number of carbonyl (C=O) groups is 4. The standard InChI is InChI=1S/C76H146O7/c1-81-74(78)68-64-60-56-52-48-44-40-36-32-28-24-20-16-12-8-4-3-7-11-15-19-23-27-31-35-39-43-47-51-55-59-63-67-73(77)71-72-83-76(80)70-66-62-58-54-50-46-42-38-34-30-26-22-18-14-10-6-5-9-13-17-21-25-29-33-37-41-45-49-53-57-61-65-69-75(79)82-2/h3-72H2,1-2H3. The highest BCUT2D eigenvalue weighted by molar-refractivity contribution is 5.78. The first-order valence-corrected chi connectivity index (χ1v) is 37.8. The van der Waals surface area contributed by atoms with Crippen molar-refractivity contribution in [3.63, 3.8) is 0 Å². The number of rotatable bonds is 73. The molecule has 0 N–H and O–H groups in total. The Hall–Kier alpha value is -1.92. The fourth-order valence-corrected chi connectivity index (χ4v) is 12.4. The molecule has 0 saturated heterocycles. The fraction of sp³-hybridized carbons (Fsp3) is 0.947. The highest BCUT2D eigenvalue weighted by Gasteiger charge is 2.08. The van der Waals surface area contributed by atoms with Crippen LogP contribution in [0.15, 0.2) is 0 Å². The zero-order valence-corrected chi connectivity index (χ0v) is 56.4. The van der Waals surface area contributed by atoms with Gasteiger partial charge < -0.3 is 14.2 Å². The van der Waals surface area contributed by atoms with Gasteiger partial charge in [0.1, 0.15) is 5.78 Å². The Kier molecular flexibility index (Phi) is 70.9. The normalized spacial score (nSPS) is 11.4. The molecular weight excluding hydrogens is 1020 g/mol. The van der Waals surface area contributed by atoms with E-state index < -0.39 is 0 Å². The maximum Gasteiger partial charge on any atom is 0.305 e. The Balaban J connectivity index is 3.21. The Morgan fingerprint density at radius 2 is 0.301 bits per heavy atom. The molecule has 0 aliphatic carbocycles. The largest absolute Gasteiger partial charge is 0.469 e. The van der Waals surface area contributed by atoms with Gasteiger partial charge in [-0.1, -0.05) is 385 Å². The molecule has 0 aromatic heterocycles. The monoisotopic (exact) mass is 1170 g/mol. The predicted octanol–water partition coefficient (Wildman–Crippen LogP) is 25.4. The van der Waals surface area contributed by atoms with E-state index in [1.807, 2.05) is 0 Å². The molecule has 0 aromatic carbocycles. The SMILES string of the molecule is COC(=O)CCCCCCCCCCCCCCCCCCCCCCCCCCCCCCCCCCC(=O)CCOC(=O)CCCCCCCCCCCCCCCCCCCCCCCCCCCCCCCCCCC(=O)OC. The highest BCUT2D eigenvalue weighted by atomic mass is 16.5. The van der Waals surface area contributed by atoms with Gasteiger partial charge in [-0.15, -0.1) is 0 Å². The topological polar surface area (TPSA) is 96.0 Å². The van der Waals surface area contributed by atoms with Gasteiger partial charge in [0.05, 0.1) is 20.8 Å². The van der Waals surface area contributed by atoms with Crippen molar-refractivity contribution in [3.8, 4) is 0 Å². The van der Waals surface area contributed by atoms with Crippen LogP contribution >= 0.6 is 0 Å². The molecule has 0 aliphatic rings. The van der Waals surface area contributed by atoms with Crippen molar-refractivity contribution in [1.29, 1.82) is 0 Å². The van der Waals surface area contributed by atoms with E-state index in [9.17, 15) is 19.2 Å². The van der Waals surface area contributed by atoms with Crippen LogP contribution in [0.2, 0.25) is 0 Å². The van der Waals surface area contributed by atoms with E-state index in [0.29, 0.717) is 32.1 Å². The van der Waals surface area contributed by atoms with Gasteiger partial charge in [-0.25, -0.2) is 0 Å². The zero-order valence-electron chi connectivity index (χ0n) is 56.4. The number of esters is 3. The molecule has 0 unspecified atom stereocenters. The van der Waals surface area contributed by atoms with E-state index >= 15 is 0 Å². The summed E-state index contributed by atoms with van der Waals surface area (Å²) in [6.45, 7) is 0.265. The number of unbranched alkanes of at least 4 members (excludes halogenated alkanes) is 62. The Labute approximate surface area is 518 Å². The van der Waals surface area contributed by atoms with Gasteiger partial charge in [0.15, 0.2) is 0 Å². The van der Waals surface area contributed by atoms with Gasteiger partial charge in [0.25, 0.3) is 0 Å². The molecule has 0 atom stereocenters. The van der Waals surface area contributed by atoms with Crippen LogP contribution in [0.4, 0.5) is 0 Å². The van der Waals surface area contributed by atoms with Crippen LogP contribution in [-0.4, -0.2) is 44.5 Å². The molecule has 83 heavy (non-hydrogen) atoms. The van der Waals surface area contributed by atoms with Crippen LogP contribution in [0.1, 0.15) is 443 Å². The third-order valence-corrected chi connectivity index (χ3v) is 18.2. The summed E-state index contributed by atoms with van der Waals surface area (Å²) in [7, 11) is 2.95. The van der Waals surface area contributed by atoms with Gasteiger partial charge in [-0.2, -0.15) is 0 Å². The van der Waals surface area contributed by atoms with Crippen LogP contribution in [0.3, 0.4) is 0 Å². The Morgan fingerprint density at radius 3 is 0.458 bits per heavy atom. The second-order valence-corrected chi connectivity index (χ2v) is 26.3.